The molecule has 2 N–H and O–H groups in total. The molecule has 0 saturated heterocycles. The van der Waals surface area contributed by atoms with Crippen molar-refractivity contribution in [1.82, 2.24) is 0 Å². The topological polar surface area (TPSA) is 52.3 Å². The van der Waals surface area contributed by atoms with Crippen LogP contribution in [-0.4, -0.2) is 5.91 Å². The predicted octanol–water partition coefficient (Wildman–Crippen LogP) is 4.17. The average Bonchev–Trinajstić information content (AvgIpc) is 2.61. The average molecular weight is 321 g/mol. The van der Waals surface area contributed by atoms with Gasteiger partial charge in [-0.3, -0.25) is 4.79 Å². The van der Waals surface area contributed by atoms with Crippen LogP contribution in [0.5, 0.6) is 5.75 Å². The number of benzene rings is 3. The highest BCUT2D eigenvalue weighted by atomic mass is 19.1. The van der Waals surface area contributed by atoms with E-state index in [1.165, 1.54) is 6.07 Å². The van der Waals surface area contributed by atoms with Gasteiger partial charge in [0.1, 0.15) is 18.2 Å². The Kier molecular flexibility index (Phi) is 4.57. The number of primary amides is 1. The largest absolute Gasteiger partial charge is 0.489 e. The van der Waals surface area contributed by atoms with E-state index in [4.69, 9.17) is 10.5 Å². The fraction of sp³-hybridized carbons (Fsp3) is 0.0500. The number of rotatable bonds is 5. The third-order valence-corrected chi connectivity index (χ3v) is 3.67. The van der Waals surface area contributed by atoms with Crippen LogP contribution in [0.2, 0.25) is 0 Å². The van der Waals surface area contributed by atoms with Gasteiger partial charge in [0.25, 0.3) is 0 Å². The van der Waals surface area contributed by atoms with Gasteiger partial charge in [0.15, 0.2) is 0 Å². The first-order valence-electron chi connectivity index (χ1n) is 7.50. The number of halogens is 1. The monoisotopic (exact) mass is 321 g/mol. The Morgan fingerprint density at radius 2 is 1.62 bits per heavy atom. The number of hydrogen-bond acceptors (Lipinski definition) is 2. The molecule has 120 valence electrons. The van der Waals surface area contributed by atoms with Crippen LogP contribution in [0, 0.1) is 5.82 Å². The molecule has 0 atom stereocenters. The zero-order valence-corrected chi connectivity index (χ0v) is 12.9. The lowest BCUT2D eigenvalue weighted by atomic mass is 9.98. The van der Waals surface area contributed by atoms with E-state index in [1.54, 1.807) is 36.4 Å². The summed E-state index contributed by atoms with van der Waals surface area (Å²) in [6.07, 6.45) is 0. The molecule has 0 aliphatic heterocycles. The fourth-order valence-corrected chi connectivity index (χ4v) is 2.47. The SMILES string of the molecule is NC(=O)c1cc(OCc2ccccc2)ccc1-c1ccccc1F. The molecule has 0 bridgehead atoms. The number of nitrogens with two attached hydrogens (primary N) is 1. The molecule has 0 aromatic heterocycles. The summed E-state index contributed by atoms with van der Waals surface area (Å²) in [4.78, 5) is 11.8. The molecule has 4 heteroatoms. The van der Waals surface area contributed by atoms with Gasteiger partial charge < -0.3 is 10.5 Å². The van der Waals surface area contributed by atoms with Gasteiger partial charge in [-0.05, 0) is 35.4 Å². The molecular formula is C20H16FNO2. The standard InChI is InChI=1S/C20H16FNO2/c21-19-9-5-4-8-17(19)16-11-10-15(12-18(16)20(22)23)24-13-14-6-2-1-3-7-14/h1-12H,13H2,(H2,22,23). The van der Waals surface area contributed by atoms with Crippen LogP contribution < -0.4 is 10.5 Å². The van der Waals surface area contributed by atoms with Crippen LogP contribution in [0.15, 0.2) is 72.8 Å². The van der Waals surface area contributed by atoms with Crippen molar-refractivity contribution in [2.75, 3.05) is 0 Å². The van der Waals surface area contributed by atoms with Crippen molar-refractivity contribution in [3.8, 4) is 16.9 Å². The van der Waals surface area contributed by atoms with E-state index in [-0.39, 0.29) is 5.56 Å². The zero-order chi connectivity index (χ0) is 16.9. The quantitative estimate of drug-likeness (QED) is 0.767. The van der Waals surface area contributed by atoms with Crippen molar-refractivity contribution in [3.05, 3.63) is 89.7 Å². The molecule has 3 aromatic carbocycles. The lowest BCUT2D eigenvalue weighted by molar-refractivity contribution is 0.100. The minimum absolute atomic E-state index is 0.227. The van der Waals surface area contributed by atoms with Crippen molar-refractivity contribution in [2.45, 2.75) is 6.61 Å². The first-order chi connectivity index (χ1) is 11.6. The van der Waals surface area contributed by atoms with E-state index < -0.39 is 11.7 Å². The van der Waals surface area contributed by atoms with Gasteiger partial charge in [0, 0.05) is 5.56 Å². The van der Waals surface area contributed by atoms with Crippen molar-refractivity contribution in [3.63, 3.8) is 0 Å². The van der Waals surface area contributed by atoms with Crippen LogP contribution in [0.4, 0.5) is 4.39 Å². The van der Waals surface area contributed by atoms with Crippen LogP contribution in [0.3, 0.4) is 0 Å². The molecule has 3 rings (SSSR count). The molecule has 0 aliphatic rings. The molecule has 0 aliphatic carbocycles. The molecule has 1 amide bonds. The third kappa shape index (κ3) is 3.43. The van der Waals surface area contributed by atoms with Gasteiger partial charge in [-0.1, -0.05) is 48.5 Å². The summed E-state index contributed by atoms with van der Waals surface area (Å²) in [5, 5.41) is 0. The first kappa shape index (κ1) is 15.7. The van der Waals surface area contributed by atoms with Crippen molar-refractivity contribution < 1.29 is 13.9 Å². The maximum absolute atomic E-state index is 14.0. The molecule has 0 spiro atoms. The second kappa shape index (κ2) is 6.96. The van der Waals surface area contributed by atoms with Crippen molar-refractivity contribution in [2.24, 2.45) is 5.73 Å². The normalized spacial score (nSPS) is 10.4. The van der Waals surface area contributed by atoms with E-state index in [1.807, 2.05) is 30.3 Å². The maximum Gasteiger partial charge on any atom is 0.249 e. The van der Waals surface area contributed by atoms with Crippen molar-refractivity contribution >= 4 is 5.91 Å². The highest BCUT2D eigenvalue weighted by Gasteiger charge is 2.14. The van der Waals surface area contributed by atoms with E-state index in [0.717, 1.165) is 5.56 Å². The van der Waals surface area contributed by atoms with Crippen molar-refractivity contribution in [1.29, 1.82) is 0 Å². The van der Waals surface area contributed by atoms with Crippen LogP contribution in [0.25, 0.3) is 11.1 Å². The molecule has 0 heterocycles. The number of amides is 1. The molecule has 3 aromatic rings. The molecule has 0 fully saturated rings. The van der Waals surface area contributed by atoms with Gasteiger partial charge in [0.2, 0.25) is 5.91 Å². The van der Waals surface area contributed by atoms with Crippen LogP contribution in [-0.2, 0) is 6.61 Å². The minimum Gasteiger partial charge on any atom is -0.489 e. The van der Waals surface area contributed by atoms with E-state index in [2.05, 4.69) is 0 Å². The predicted molar refractivity (Wildman–Crippen MR) is 91.1 cm³/mol. The second-order valence-electron chi connectivity index (χ2n) is 5.33. The van der Waals surface area contributed by atoms with Gasteiger partial charge >= 0.3 is 0 Å². The molecule has 0 unspecified atom stereocenters. The lowest BCUT2D eigenvalue weighted by Crippen LogP contribution is -2.13. The Morgan fingerprint density at radius 3 is 2.33 bits per heavy atom. The van der Waals surface area contributed by atoms with E-state index in [9.17, 15) is 9.18 Å². The number of carbonyl (C=O) groups excluding carboxylic acids is 1. The van der Waals surface area contributed by atoms with E-state index >= 15 is 0 Å². The molecule has 0 saturated carbocycles. The summed E-state index contributed by atoms with van der Waals surface area (Å²) in [5.74, 6) is -0.524. The van der Waals surface area contributed by atoms with Crippen LogP contribution in [0.1, 0.15) is 15.9 Å². The maximum atomic E-state index is 14.0. The summed E-state index contributed by atoms with van der Waals surface area (Å²) < 4.78 is 19.7. The Bertz CT molecular complexity index is 863. The molecule has 3 nitrogen and oxygen atoms in total. The Hall–Kier alpha value is -3.14. The summed E-state index contributed by atoms with van der Waals surface area (Å²) in [7, 11) is 0. The highest BCUT2D eigenvalue weighted by Crippen LogP contribution is 2.29. The second-order valence-corrected chi connectivity index (χ2v) is 5.33. The van der Waals surface area contributed by atoms with Gasteiger partial charge in [-0.2, -0.15) is 0 Å². The first-order valence-corrected chi connectivity index (χ1v) is 7.50. The smallest absolute Gasteiger partial charge is 0.249 e. The third-order valence-electron chi connectivity index (χ3n) is 3.67. The number of hydrogen-bond donors (Lipinski definition) is 1. The van der Waals surface area contributed by atoms with E-state index in [0.29, 0.717) is 23.5 Å². The Morgan fingerprint density at radius 1 is 0.917 bits per heavy atom. The summed E-state index contributed by atoms with van der Waals surface area (Å²) >= 11 is 0. The Balaban J connectivity index is 1.90. The van der Waals surface area contributed by atoms with Crippen LogP contribution >= 0.6 is 0 Å². The number of carbonyl (C=O) groups is 1. The Labute approximate surface area is 139 Å². The molecule has 0 radical (unpaired) electrons. The minimum atomic E-state index is -0.626. The van der Waals surface area contributed by atoms with Gasteiger partial charge in [-0.25, -0.2) is 4.39 Å². The summed E-state index contributed by atoms with van der Waals surface area (Å²) in [6, 6.07) is 20.8. The summed E-state index contributed by atoms with van der Waals surface area (Å²) in [5.41, 5.74) is 7.48. The molecule has 24 heavy (non-hydrogen) atoms. The summed E-state index contributed by atoms with van der Waals surface area (Å²) in [6.45, 7) is 0.373. The molecular weight excluding hydrogens is 305 g/mol. The fourth-order valence-electron chi connectivity index (χ4n) is 2.47. The zero-order valence-electron chi connectivity index (χ0n) is 12.9. The lowest BCUT2D eigenvalue weighted by Gasteiger charge is -2.12. The number of ether oxygens (including phenoxy) is 1. The highest BCUT2D eigenvalue weighted by molar-refractivity contribution is 6.00. The van der Waals surface area contributed by atoms with Gasteiger partial charge in [-0.15, -0.1) is 0 Å². The van der Waals surface area contributed by atoms with Gasteiger partial charge in [0.05, 0.1) is 5.56 Å².